The molecule has 0 aliphatic carbocycles. The molecule has 0 aliphatic heterocycles. The van der Waals surface area contributed by atoms with Gasteiger partial charge in [-0.1, -0.05) is 0 Å². The smallest absolute Gasteiger partial charge is 0.205 e. The summed E-state index contributed by atoms with van der Waals surface area (Å²) in [7, 11) is 0. The molecular weight excluding hydrogens is 286 g/mol. The van der Waals surface area contributed by atoms with Crippen molar-refractivity contribution >= 4 is 0 Å². The van der Waals surface area contributed by atoms with Crippen LogP contribution in [0.1, 0.15) is 28.7 Å². The van der Waals surface area contributed by atoms with Crippen LogP contribution in [-0.4, -0.2) is 0 Å². The Morgan fingerprint density at radius 2 is 1.37 bits per heavy atom. The summed E-state index contributed by atoms with van der Waals surface area (Å²) in [6.07, 6.45) is -14.3. The largest absolute Gasteiger partial charge is 0.417 e. The molecule has 0 atom stereocenters. The standard InChI is InChI=1S/C10H3F8N/c11-8(12)5-1-4(3-19)6(9(13,14)15)2-7(5)10(16,17)18/h1-2,8H. The van der Waals surface area contributed by atoms with Gasteiger partial charge >= 0.3 is 12.4 Å². The lowest BCUT2D eigenvalue weighted by atomic mass is 9.98. The van der Waals surface area contributed by atoms with E-state index in [1.165, 1.54) is 0 Å². The topological polar surface area (TPSA) is 23.8 Å². The van der Waals surface area contributed by atoms with E-state index >= 15 is 0 Å². The van der Waals surface area contributed by atoms with E-state index in [0.29, 0.717) is 0 Å². The van der Waals surface area contributed by atoms with E-state index in [9.17, 15) is 35.1 Å². The molecule has 19 heavy (non-hydrogen) atoms. The van der Waals surface area contributed by atoms with Crippen molar-refractivity contribution in [2.45, 2.75) is 18.8 Å². The van der Waals surface area contributed by atoms with Crippen LogP contribution in [0.2, 0.25) is 0 Å². The summed E-state index contributed by atoms with van der Waals surface area (Å²) in [5.74, 6) is 0. The molecule has 1 aromatic carbocycles. The lowest BCUT2D eigenvalue weighted by molar-refractivity contribution is -0.144. The molecule has 0 heterocycles. The molecule has 1 nitrogen and oxygen atoms in total. The number of nitriles is 1. The maximum absolute atomic E-state index is 12.4. The Morgan fingerprint density at radius 1 is 0.895 bits per heavy atom. The molecule has 1 aromatic rings. The van der Waals surface area contributed by atoms with Crippen LogP contribution >= 0.6 is 0 Å². The summed E-state index contributed by atoms with van der Waals surface area (Å²) in [6, 6.07) is 0.396. The number of halogens is 8. The van der Waals surface area contributed by atoms with Crippen molar-refractivity contribution in [1.29, 1.82) is 5.26 Å². The molecule has 0 aliphatic rings. The number of hydrogen-bond donors (Lipinski definition) is 0. The average molecular weight is 289 g/mol. The van der Waals surface area contributed by atoms with Crippen molar-refractivity contribution in [2.75, 3.05) is 0 Å². The number of hydrogen-bond acceptors (Lipinski definition) is 1. The zero-order valence-corrected chi connectivity index (χ0v) is 8.70. The van der Waals surface area contributed by atoms with Gasteiger partial charge in [-0.05, 0) is 12.1 Å². The van der Waals surface area contributed by atoms with Gasteiger partial charge in [0.15, 0.2) is 0 Å². The quantitative estimate of drug-likeness (QED) is 0.697. The maximum Gasteiger partial charge on any atom is 0.417 e. The van der Waals surface area contributed by atoms with Crippen LogP contribution in [0.25, 0.3) is 0 Å². The Kier molecular flexibility index (Phi) is 3.74. The molecule has 0 bridgehead atoms. The van der Waals surface area contributed by atoms with Crippen LogP contribution in [0.4, 0.5) is 35.1 Å². The van der Waals surface area contributed by atoms with E-state index in [4.69, 9.17) is 5.26 Å². The predicted molar refractivity (Wildman–Crippen MR) is 46.1 cm³/mol. The van der Waals surface area contributed by atoms with Crippen LogP contribution in [-0.2, 0) is 12.4 Å². The molecule has 1 rings (SSSR count). The van der Waals surface area contributed by atoms with Crippen LogP contribution in [0, 0.1) is 11.3 Å². The Balaban J connectivity index is 3.69. The van der Waals surface area contributed by atoms with E-state index in [2.05, 4.69) is 0 Å². The normalized spacial score (nSPS) is 12.6. The number of rotatable bonds is 1. The minimum atomic E-state index is -5.38. The minimum absolute atomic E-state index is 0.0870. The van der Waals surface area contributed by atoms with E-state index in [-0.39, 0.29) is 6.07 Å². The summed E-state index contributed by atoms with van der Waals surface area (Å²) in [5.41, 5.74) is -6.94. The van der Waals surface area contributed by atoms with Crippen LogP contribution in [0.3, 0.4) is 0 Å². The molecule has 0 saturated heterocycles. The first-order chi connectivity index (χ1) is 8.48. The Hall–Kier alpha value is -1.85. The van der Waals surface area contributed by atoms with Crippen molar-refractivity contribution < 1.29 is 35.1 Å². The SMILES string of the molecule is N#Cc1cc(C(F)F)c(C(F)(F)F)cc1C(F)(F)F. The zero-order valence-electron chi connectivity index (χ0n) is 8.70. The van der Waals surface area contributed by atoms with Crippen molar-refractivity contribution in [3.05, 3.63) is 34.4 Å². The first-order valence-electron chi connectivity index (χ1n) is 4.49. The second-order valence-electron chi connectivity index (χ2n) is 3.39. The molecule has 0 saturated carbocycles. The Labute approximate surface area is 101 Å². The fourth-order valence-electron chi connectivity index (χ4n) is 1.37. The predicted octanol–water partition coefficient (Wildman–Crippen LogP) is 4.53. The summed E-state index contributed by atoms with van der Waals surface area (Å²) >= 11 is 0. The van der Waals surface area contributed by atoms with Gasteiger partial charge in [0, 0.05) is 5.56 Å². The molecule has 0 spiro atoms. The summed E-state index contributed by atoms with van der Waals surface area (Å²) in [6.45, 7) is 0. The minimum Gasteiger partial charge on any atom is -0.205 e. The number of nitrogens with zero attached hydrogens (tertiary/aromatic N) is 1. The van der Waals surface area contributed by atoms with Crippen molar-refractivity contribution in [3.8, 4) is 6.07 Å². The molecular formula is C10H3F8N. The molecule has 9 heteroatoms. The molecule has 0 aromatic heterocycles. The second-order valence-corrected chi connectivity index (χ2v) is 3.39. The molecule has 104 valence electrons. The second kappa shape index (κ2) is 4.68. The molecule has 0 radical (unpaired) electrons. The van der Waals surface area contributed by atoms with Gasteiger partial charge in [-0.2, -0.15) is 31.6 Å². The van der Waals surface area contributed by atoms with E-state index < -0.39 is 47.1 Å². The van der Waals surface area contributed by atoms with E-state index in [1.807, 2.05) is 0 Å². The van der Waals surface area contributed by atoms with Crippen molar-refractivity contribution in [1.82, 2.24) is 0 Å². The summed E-state index contributed by atoms with van der Waals surface area (Å²) in [4.78, 5) is 0. The van der Waals surface area contributed by atoms with Crippen LogP contribution in [0.5, 0.6) is 0 Å². The Bertz CT molecular complexity index is 520. The van der Waals surface area contributed by atoms with Gasteiger partial charge in [0.25, 0.3) is 6.43 Å². The maximum atomic E-state index is 12.4. The monoisotopic (exact) mass is 289 g/mol. The van der Waals surface area contributed by atoms with Crippen molar-refractivity contribution in [2.24, 2.45) is 0 Å². The number of alkyl halides is 8. The Morgan fingerprint density at radius 3 is 1.68 bits per heavy atom. The molecule has 0 fully saturated rings. The third-order valence-electron chi connectivity index (χ3n) is 2.16. The highest BCUT2D eigenvalue weighted by Gasteiger charge is 2.41. The number of benzene rings is 1. The fraction of sp³-hybridized carbons (Fsp3) is 0.300. The first kappa shape index (κ1) is 15.2. The van der Waals surface area contributed by atoms with Gasteiger partial charge in [0.05, 0.1) is 22.8 Å². The third-order valence-corrected chi connectivity index (χ3v) is 2.16. The van der Waals surface area contributed by atoms with Gasteiger partial charge in [0.2, 0.25) is 0 Å². The van der Waals surface area contributed by atoms with Gasteiger partial charge in [-0.15, -0.1) is 0 Å². The van der Waals surface area contributed by atoms with Gasteiger partial charge in [0.1, 0.15) is 0 Å². The van der Waals surface area contributed by atoms with Crippen LogP contribution < -0.4 is 0 Å². The van der Waals surface area contributed by atoms with Gasteiger partial charge in [-0.3, -0.25) is 0 Å². The van der Waals surface area contributed by atoms with E-state index in [1.54, 1.807) is 0 Å². The highest BCUT2D eigenvalue weighted by molar-refractivity contribution is 5.47. The summed E-state index contributed by atoms with van der Waals surface area (Å²) in [5, 5.41) is 8.41. The third kappa shape index (κ3) is 3.13. The zero-order chi connectivity index (χ0) is 15.0. The summed E-state index contributed by atoms with van der Waals surface area (Å²) < 4.78 is 99.4. The van der Waals surface area contributed by atoms with E-state index in [0.717, 1.165) is 6.07 Å². The van der Waals surface area contributed by atoms with Crippen molar-refractivity contribution in [3.63, 3.8) is 0 Å². The lowest BCUT2D eigenvalue weighted by Crippen LogP contribution is -2.15. The molecule has 0 N–H and O–H groups in total. The lowest BCUT2D eigenvalue weighted by Gasteiger charge is -2.16. The first-order valence-corrected chi connectivity index (χ1v) is 4.49. The van der Waals surface area contributed by atoms with Gasteiger partial charge < -0.3 is 0 Å². The molecule has 0 unspecified atom stereocenters. The van der Waals surface area contributed by atoms with Crippen LogP contribution in [0.15, 0.2) is 12.1 Å². The highest BCUT2D eigenvalue weighted by Crippen LogP contribution is 2.41. The van der Waals surface area contributed by atoms with Gasteiger partial charge in [-0.25, -0.2) is 8.78 Å². The fourth-order valence-corrected chi connectivity index (χ4v) is 1.37. The average Bonchev–Trinajstić information content (AvgIpc) is 2.24. The highest BCUT2D eigenvalue weighted by atomic mass is 19.4. The molecule has 0 amide bonds.